The summed E-state index contributed by atoms with van der Waals surface area (Å²) >= 11 is 0. The Morgan fingerprint density at radius 3 is 2.60 bits per heavy atom. The summed E-state index contributed by atoms with van der Waals surface area (Å²) in [7, 11) is 0. The molecule has 0 bridgehead atoms. The van der Waals surface area contributed by atoms with Crippen molar-refractivity contribution >= 4 is 5.91 Å². The summed E-state index contributed by atoms with van der Waals surface area (Å²) in [5, 5.41) is 26.5. The average Bonchev–Trinajstić information content (AvgIpc) is 2.23. The summed E-state index contributed by atoms with van der Waals surface area (Å²) in [5.41, 5.74) is 2.37. The van der Waals surface area contributed by atoms with Crippen molar-refractivity contribution in [2.24, 2.45) is 0 Å². The summed E-state index contributed by atoms with van der Waals surface area (Å²) in [6.45, 7) is 0. The highest BCUT2D eigenvalue weighted by molar-refractivity contribution is 5.74. The molecule has 0 heterocycles. The zero-order valence-electron chi connectivity index (χ0n) is 8.10. The Balaban J connectivity index is 2.44. The molecule has 4 N–H and O–H groups in total. The monoisotopic (exact) mass is 211 g/mol. The third-order valence-corrected chi connectivity index (χ3v) is 2.03. The number of phenolic OH excluding ortho intramolecular Hbond substituents is 2. The first-order chi connectivity index (χ1) is 7.13. The first-order valence-electron chi connectivity index (χ1n) is 4.57. The molecule has 0 aliphatic carbocycles. The highest BCUT2D eigenvalue weighted by Gasteiger charge is 2.02. The predicted octanol–water partition coefficient (Wildman–Crippen LogP) is 0.926. The standard InChI is InChI=1S/C10H13NO4/c12-8-5-4-7(6-9(8)13)2-1-3-10(14)11-15/h4-6,12-13,15H,1-3H2,(H,11,14). The molecule has 0 atom stereocenters. The molecule has 82 valence electrons. The minimum atomic E-state index is -0.432. The van der Waals surface area contributed by atoms with E-state index >= 15 is 0 Å². The van der Waals surface area contributed by atoms with Gasteiger partial charge in [0.05, 0.1) is 0 Å². The Labute approximate surface area is 86.9 Å². The minimum absolute atomic E-state index is 0.160. The smallest absolute Gasteiger partial charge is 0.243 e. The van der Waals surface area contributed by atoms with Crippen LogP contribution in [-0.2, 0) is 11.2 Å². The molecular weight excluding hydrogens is 198 g/mol. The molecule has 0 unspecified atom stereocenters. The van der Waals surface area contributed by atoms with E-state index in [1.165, 1.54) is 12.1 Å². The Bertz CT molecular complexity index is 351. The van der Waals surface area contributed by atoms with Crippen molar-refractivity contribution in [3.8, 4) is 11.5 Å². The molecule has 0 saturated heterocycles. The van der Waals surface area contributed by atoms with Crippen LogP contribution in [0.3, 0.4) is 0 Å². The SMILES string of the molecule is O=C(CCCc1ccc(O)c(O)c1)NO. The van der Waals surface area contributed by atoms with E-state index in [-0.39, 0.29) is 17.9 Å². The first-order valence-corrected chi connectivity index (χ1v) is 4.57. The maximum atomic E-state index is 10.7. The van der Waals surface area contributed by atoms with Crippen LogP contribution in [0.25, 0.3) is 0 Å². The predicted molar refractivity (Wildman–Crippen MR) is 52.6 cm³/mol. The van der Waals surface area contributed by atoms with Crippen molar-refractivity contribution in [3.05, 3.63) is 23.8 Å². The number of phenols is 2. The number of rotatable bonds is 4. The molecule has 1 amide bonds. The molecule has 0 fully saturated rings. The molecule has 5 heteroatoms. The van der Waals surface area contributed by atoms with Gasteiger partial charge in [-0.15, -0.1) is 0 Å². The van der Waals surface area contributed by atoms with E-state index in [9.17, 15) is 9.90 Å². The molecule has 15 heavy (non-hydrogen) atoms. The number of amides is 1. The van der Waals surface area contributed by atoms with Gasteiger partial charge in [-0.05, 0) is 30.5 Å². The lowest BCUT2D eigenvalue weighted by atomic mass is 10.1. The van der Waals surface area contributed by atoms with Gasteiger partial charge in [0.1, 0.15) is 0 Å². The molecule has 1 aromatic rings. The second-order valence-electron chi connectivity index (χ2n) is 3.21. The minimum Gasteiger partial charge on any atom is -0.504 e. The Morgan fingerprint density at radius 2 is 2.00 bits per heavy atom. The summed E-state index contributed by atoms with van der Waals surface area (Å²) < 4.78 is 0. The summed E-state index contributed by atoms with van der Waals surface area (Å²) in [6, 6.07) is 4.52. The number of nitrogens with one attached hydrogen (secondary N) is 1. The molecule has 0 radical (unpaired) electrons. The number of carbonyl (C=O) groups is 1. The van der Waals surface area contributed by atoms with E-state index < -0.39 is 5.91 Å². The zero-order valence-corrected chi connectivity index (χ0v) is 8.10. The van der Waals surface area contributed by atoms with E-state index in [0.717, 1.165) is 5.56 Å². The van der Waals surface area contributed by atoms with E-state index in [0.29, 0.717) is 12.8 Å². The van der Waals surface area contributed by atoms with Gasteiger partial charge in [0.2, 0.25) is 5.91 Å². The van der Waals surface area contributed by atoms with E-state index in [1.807, 2.05) is 0 Å². The maximum absolute atomic E-state index is 10.7. The van der Waals surface area contributed by atoms with Crippen LogP contribution in [0.15, 0.2) is 18.2 Å². The van der Waals surface area contributed by atoms with Gasteiger partial charge in [0, 0.05) is 6.42 Å². The van der Waals surface area contributed by atoms with Crippen LogP contribution in [0, 0.1) is 0 Å². The number of benzene rings is 1. The van der Waals surface area contributed by atoms with Crippen LogP contribution in [-0.4, -0.2) is 21.3 Å². The number of hydrogen-bond donors (Lipinski definition) is 4. The van der Waals surface area contributed by atoms with Crippen LogP contribution in [0.5, 0.6) is 11.5 Å². The zero-order chi connectivity index (χ0) is 11.3. The molecule has 0 spiro atoms. The quantitative estimate of drug-likeness (QED) is 0.339. The van der Waals surface area contributed by atoms with E-state index in [4.69, 9.17) is 10.3 Å². The molecule has 1 aromatic carbocycles. The molecular formula is C10H13NO4. The van der Waals surface area contributed by atoms with Gasteiger partial charge in [-0.2, -0.15) is 0 Å². The van der Waals surface area contributed by atoms with Gasteiger partial charge in [-0.1, -0.05) is 6.07 Å². The van der Waals surface area contributed by atoms with Gasteiger partial charge in [0.25, 0.3) is 0 Å². The van der Waals surface area contributed by atoms with Crippen molar-refractivity contribution < 1.29 is 20.2 Å². The summed E-state index contributed by atoms with van der Waals surface area (Å²) in [4.78, 5) is 10.7. The topological polar surface area (TPSA) is 89.8 Å². The maximum Gasteiger partial charge on any atom is 0.243 e. The lowest BCUT2D eigenvalue weighted by Crippen LogP contribution is -2.18. The van der Waals surface area contributed by atoms with Gasteiger partial charge >= 0.3 is 0 Å². The number of hydrogen-bond acceptors (Lipinski definition) is 4. The van der Waals surface area contributed by atoms with Gasteiger partial charge in [-0.3, -0.25) is 10.0 Å². The molecule has 1 rings (SSSR count). The molecule has 0 saturated carbocycles. The van der Waals surface area contributed by atoms with Crippen molar-refractivity contribution in [1.82, 2.24) is 5.48 Å². The highest BCUT2D eigenvalue weighted by Crippen LogP contribution is 2.25. The molecule has 0 aliphatic heterocycles. The molecule has 5 nitrogen and oxygen atoms in total. The normalized spacial score (nSPS) is 9.93. The van der Waals surface area contributed by atoms with Crippen LogP contribution in [0.1, 0.15) is 18.4 Å². The van der Waals surface area contributed by atoms with Crippen molar-refractivity contribution in [3.63, 3.8) is 0 Å². The van der Waals surface area contributed by atoms with Crippen LogP contribution >= 0.6 is 0 Å². The van der Waals surface area contributed by atoms with Gasteiger partial charge in [-0.25, -0.2) is 5.48 Å². The average molecular weight is 211 g/mol. The molecule has 0 aromatic heterocycles. The van der Waals surface area contributed by atoms with E-state index in [2.05, 4.69) is 0 Å². The largest absolute Gasteiger partial charge is 0.504 e. The number of aromatic hydroxyl groups is 2. The lowest BCUT2D eigenvalue weighted by Gasteiger charge is -2.03. The summed E-state index contributed by atoms with van der Waals surface area (Å²) in [6.07, 6.45) is 1.38. The fourth-order valence-corrected chi connectivity index (χ4v) is 1.23. The second kappa shape index (κ2) is 5.21. The number of carbonyl (C=O) groups excluding carboxylic acids is 1. The lowest BCUT2D eigenvalue weighted by molar-refractivity contribution is -0.129. The number of hydroxylamine groups is 1. The second-order valence-corrected chi connectivity index (χ2v) is 3.21. The fourth-order valence-electron chi connectivity index (χ4n) is 1.23. The Kier molecular flexibility index (Phi) is 3.93. The van der Waals surface area contributed by atoms with Gasteiger partial charge < -0.3 is 10.2 Å². The van der Waals surface area contributed by atoms with Crippen LogP contribution in [0.2, 0.25) is 0 Å². The third kappa shape index (κ3) is 3.47. The third-order valence-electron chi connectivity index (χ3n) is 2.03. The first kappa shape index (κ1) is 11.3. The Hall–Kier alpha value is -1.75. The summed E-state index contributed by atoms with van der Waals surface area (Å²) in [5.74, 6) is -0.760. The van der Waals surface area contributed by atoms with E-state index in [1.54, 1.807) is 11.5 Å². The van der Waals surface area contributed by atoms with Crippen molar-refractivity contribution in [1.29, 1.82) is 0 Å². The van der Waals surface area contributed by atoms with Crippen molar-refractivity contribution in [2.45, 2.75) is 19.3 Å². The fraction of sp³-hybridized carbons (Fsp3) is 0.300. The van der Waals surface area contributed by atoms with Crippen LogP contribution in [0.4, 0.5) is 0 Å². The molecule has 0 aliphatic rings. The van der Waals surface area contributed by atoms with Crippen molar-refractivity contribution in [2.75, 3.05) is 0 Å². The van der Waals surface area contributed by atoms with Crippen LogP contribution < -0.4 is 5.48 Å². The Morgan fingerprint density at radius 1 is 1.27 bits per heavy atom. The number of aryl methyl sites for hydroxylation is 1. The van der Waals surface area contributed by atoms with Gasteiger partial charge in [0.15, 0.2) is 11.5 Å². The highest BCUT2D eigenvalue weighted by atomic mass is 16.5.